The van der Waals surface area contributed by atoms with Crippen LogP contribution in [0.3, 0.4) is 0 Å². The molecule has 0 atom stereocenters. The van der Waals surface area contributed by atoms with Crippen LogP contribution in [0.5, 0.6) is 0 Å². The lowest BCUT2D eigenvalue weighted by Crippen LogP contribution is -2.10. The summed E-state index contributed by atoms with van der Waals surface area (Å²) >= 11 is 0. The molecule has 0 radical (unpaired) electrons. The van der Waals surface area contributed by atoms with Crippen molar-refractivity contribution in [2.75, 3.05) is 5.73 Å². The van der Waals surface area contributed by atoms with E-state index in [0.29, 0.717) is 5.56 Å². The number of hydrogen-bond donors (Lipinski definition) is 2. The minimum atomic E-state index is -0.542. The summed E-state index contributed by atoms with van der Waals surface area (Å²) in [4.78, 5) is 14.6. The van der Waals surface area contributed by atoms with Crippen LogP contribution in [0.2, 0.25) is 0 Å². The van der Waals surface area contributed by atoms with E-state index < -0.39 is 5.91 Å². The average Bonchev–Trinajstić information content (AvgIpc) is 2.49. The standard InChI is InChI=1S/C9H8N2.C7H6FNO/c10-8-5-1-3-7-4-2-6-11-9(7)8;8-6-3-1-5(2-4-6)7(9)10/h1-6H,10H2;1-4H,(H2,9,10). The van der Waals surface area contributed by atoms with Crippen LogP contribution in [-0.4, -0.2) is 10.9 Å². The first-order chi connectivity index (χ1) is 10.1. The summed E-state index contributed by atoms with van der Waals surface area (Å²) in [5, 5.41) is 1.09. The lowest BCUT2D eigenvalue weighted by Gasteiger charge is -1.97. The number of benzene rings is 2. The molecule has 0 bridgehead atoms. The zero-order valence-electron chi connectivity index (χ0n) is 11.2. The van der Waals surface area contributed by atoms with E-state index in [9.17, 15) is 9.18 Å². The van der Waals surface area contributed by atoms with E-state index in [-0.39, 0.29) is 5.82 Å². The first-order valence-corrected chi connectivity index (χ1v) is 6.22. The quantitative estimate of drug-likeness (QED) is 0.674. The third-order valence-electron chi connectivity index (χ3n) is 2.79. The van der Waals surface area contributed by atoms with Gasteiger partial charge in [0.25, 0.3) is 0 Å². The van der Waals surface area contributed by atoms with Gasteiger partial charge in [0, 0.05) is 17.1 Å². The number of anilines is 1. The Morgan fingerprint density at radius 1 is 1.00 bits per heavy atom. The molecule has 0 aliphatic rings. The van der Waals surface area contributed by atoms with E-state index in [1.165, 1.54) is 24.3 Å². The van der Waals surface area contributed by atoms with Gasteiger partial charge in [-0.15, -0.1) is 0 Å². The minimum absolute atomic E-state index is 0.321. The Kier molecular flexibility index (Phi) is 4.46. The topological polar surface area (TPSA) is 82.0 Å². The average molecular weight is 283 g/mol. The van der Waals surface area contributed by atoms with Crippen LogP contribution in [0, 0.1) is 5.82 Å². The lowest BCUT2D eigenvalue weighted by molar-refractivity contribution is 0.100. The van der Waals surface area contributed by atoms with E-state index in [4.69, 9.17) is 11.5 Å². The van der Waals surface area contributed by atoms with Gasteiger partial charge in [-0.05, 0) is 36.4 Å². The van der Waals surface area contributed by atoms with Crippen LogP contribution in [0.4, 0.5) is 10.1 Å². The fourth-order valence-electron chi connectivity index (χ4n) is 1.74. The second-order valence-electron chi connectivity index (χ2n) is 4.29. The van der Waals surface area contributed by atoms with E-state index in [2.05, 4.69) is 4.98 Å². The number of carbonyl (C=O) groups excluding carboxylic acids is 1. The number of carbonyl (C=O) groups is 1. The minimum Gasteiger partial charge on any atom is -0.397 e. The number of halogens is 1. The molecule has 106 valence electrons. The number of pyridine rings is 1. The smallest absolute Gasteiger partial charge is 0.248 e. The predicted octanol–water partition coefficient (Wildman–Crippen LogP) is 2.74. The number of rotatable bonds is 1. The van der Waals surface area contributed by atoms with Crippen molar-refractivity contribution in [2.45, 2.75) is 0 Å². The zero-order valence-corrected chi connectivity index (χ0v) is 11.2. The number of para-hydroxylation sites is 1. The van der Waals surface area contributed by atoms with Crippen LogP contribution in [0.1, 0.15) is 10.4 Å². The maximum absolute atomic E-state index is 12.2. The van der Waals surface area contributed by atoms with Crippen molar-refractivity contribution >= 4 is 22.5 Å². The molecule has 0 aliphatic carbocycles. The third kappa shape index (κ3) is 3.76. The fourth-order valence-corrected chi connectivity index (χ4v) is 1.74. The Labute approximate surface area is 121 Å². The van der Waals surface area contributed by atoms with Crippen molar-refractivity contribution in [3.05, 3.63) is 72.2 Å². The van der Waals surface area contributed by atoms with Gasteiger partial charge in [0.1, 0.15) is 5.82 Å². The molecule has 1 amide bonds. The molecule has 1 aromatic heterocycles. The number of fused-ring (bicyclic) bond motifs is 1. The van der Waals surface area contributed by atoms with E-state index in [1.807, 2.05) is 30.3 Å². The molecule has 0 unspecified atom stereocenters. The van der Waals surface area contributed by atoms with Gasteiger partial charge in [-0.2, -0.15) is 0 Å². The normalized spacial score (nSPS) is 9.76. The number of amides is 1. The van der Waals surface area contributed by atoms with Crippen molar-refractivity contribution in [3.63, 3.8) is 0 Å². The summed E-state index contributed by atoms with van der Waals surface area (Å²) in [6, 6.07) is 14.8. The van der Waals surface area contributed by atoms with Crippen molar-refractivity contribution in [3.8, 4) is 0 Å². The predicted molar refractivity (Wildman–Crippen MR) is 81.1 cm³/mol. The molecule has 4 nitrogen and oxygen atoms in total. The summed E-state index contributed by atoms with van der Waals surface area (Å²) in [7, 11) is 0. The number of nitrogen functional groups attached to an aromatic ring is 1. The van der Waals surface area contributed by atoms with Crippen LogP contribution >= 0.6 is 0 Å². The first kappa shape index (κ1) is 14.5. The molecule has 5 heteroatoms. The number of hydrogen-bond acceptors (Lipinski definition) is 3. The highest BCUT2D eigenvalue weighted by molar-refractivity contribution is 5.92. The molecule has 0 saturated heterocycles. The molecule has 3 rings (SSSR count). The Morgan fingerprint density at radius 2 is 1.67 bits per heavy atom. The summed E-state index contributed by atoms with van der Waals surface area (Å²) < 4.78 is 12.2. The van der Waals surface area contributed by atoms with Gasteiger partial charge in [0.2, 0.25) is 5.91 Å². The Balaban J connectivity index is 0.000000155. The van der Waals surface area contributed by atoms with E-state index >= 15 is 0 Å². The van der Waals surface area contributed by atoms with Gasteiger partial charge in [-0.25, -0.2) is 4.39 Å². The molecular formula is C16H14FN3O. The Hall–Kier alpha value is -2.95. The second kappa shape index (κ2) is 6.47. The van der Waals surface area contributed by atoms with Gasteiger partial charge in [0.15, 0.2) is 0 Å². The molecule has 4 N–H and O–H groups in total. The summed E-state index contributed by atoms with van der Waals surface area (Å²) in [6.07, 6.45) is 1.75. The second-order valence-corrected chi connectivity index (χ2v) is 4.29. The molecule has 2 aromatic carbocycles. The number of nitrogens with two attached hydrogens (primary N) is 2. The highest BCUT2D eigenvalue weighted by Crippen LogP contribution is 2.16. The monoisotopic (exact) mass is 283 g/mol. The fraction of sp³-hybridized carbons (Fsp3) is 0. The van der Waals surface area contributed by atoms with Crippen molar-refractivity contribution in [1.29, 1.82) is 0 Å². The summed E-state index contributed by atoms with van der Waals surface area (Å²) in [5.41, 5.74) is 12.5. The number of nitrogens with zero attached hydrogens (tertiary/aromatic N) is 1. The van der Waals surface area contributed by atoms with Gasteiger partial charge in [0.05, 0.1) is 11.2 Å². The number of primary amides is 1. The zero-order chi connectivity index (χ0) is 15.2. The molecule has 1 heterocycles. The van der Waals surface area contributed by atoms with Crippen LogP contribution < -0.4 is 11.5 Å². The summed E-state index contributed by atoms with van der Waals surface area (Å²) in [6.45, 7) is 0. The molecular weight excluding hydrogens is 269 g/mol. The van der Waals surface area contributed by atoms with Gasteiger partial charge >= 0.3 is 0 Å². The third-order valence-corrected chi connectivity index (χ3v) is 2.79. The molecule has 0 fully saturated rings. The van der Waals surface area contributed by atoms with E-state index in [1.54, 1.807) is 6.20 Å². The Bertz CT molecular complexity index is 752. The molecule has 21 heavy (non-hydrogen) atoms. The van der Waals surface area contributed by atoms with Crippen molar-refractivity contribution < 1.29 is 9.18 Å². The van der Waals surface area contributed by atoms with Crippen molar-refractivity contribution in [2.24, 2.45) is 5.73 Å². The lowest BCUT2D eigenvalue weighted by atomic mass is 10.2. The molecule has 0 aliphatic heterocycles. The maximum Gasteiger partial charge on any atom is 0.248 e. The SMILES string of the molecule is NC(=O)c1ccc(F)cc1.Nc1cccc2cccnc12. The van der Waals surface area contributed by atoms with Gasteiger partial charge in [-0.1, -0.05) is 18.2 Å². The molecule has 0 saturated carbocycles. The van der Waals surface area contributed by atoms with Crippen LogP contribution in [-0.2, 0) is 0 Å². The number of aromatic nitrogens is 1. The molecule has 0 spiro atoms. The molecule has 3 aromatic rings. The van der Waals surface area contributed by atoms with Crippen LogP contribution in [0.25, 0.3) is 10.9 Å². The van der Waals surface area contributed by atoms with Crippen LogP contribution in [0.15, 0.2) is 60.8 Å². The van der Waals surface area contributed by atoms with Crippen molar-refractivity contribution in [1.82, 2.24) is 4.98 Å². The van der Waals surface area contributed by atoms with Gasteiger partial charge in [-0.3, -0.25) is 9.78 Å². The highest BCUT2D eigenvalue weighted by atomic mass is 19.1. The van der Waals surface area contributed by atoms with Gasteiger partial charge < -0.3 is 11.5 Å². The summed E-state index contributed by atoms with van der Waals surface area (Å²) in [5.74, 6) is -0.912. The Morgan fingerprint density at radius 3 is 2.29 bits per heavy atom. The first-order valence-electron chi connectivity index (χ1n) is 6.22. The van der Waals surface area contributed by atoms with E-state index in [0.717, 1.165) is 16.6 Å². The highest BCUT2D eigenvalue weighted by Gasteiger charge is 1.97. The largest absolute Gasteiger partial charge is 0.397 e. The maximum atomic E-state index is 12.2.